The number of nitrogens with zero attached hydrogens (tertiary/aromatic N) is 1. The maximum atomic E-state index is 13.6. The van der Waals surface area contributed by atoms with Crippen LogP contribution in [0.2, 0.25) is 0 Å². The lowest BCUT2D eigenvalue weighted by atomic mass is 10.1. The Labute approximate surface area is 110 Å². The van der Waals surface area contributed by atoms with Crippen molar-refractivity contribution in [2.75, 3.05) is 13.1 Å². The smallest absolute Gasteiger partial charge is 0.338 e. The zero-order chi connectivity index (χ0) is 14.0. The summed E-state index contributed by atoms with van der Waals surface area (Å²) in [5.41, 5.74) is 0.317. The highest BCUT2D eigenvalue weighted by molar-refractivity contribution is 5.87. The van der Waals surface area contributed by atoms with E-state index < -0.39 is 11.8 Å². The minimum atomic E-state index is -1.28. The second-order valence-corrected chi connectivity index (χ2v) is 4.56. The van der Waals surface area contributed by atoms with Crippen molar-refractivity contribution < 1.29 is 19.1 Å². The van der Waals surface area contributed by atoms with Crippen LogP contribution in [0.1, 0.15) is 22.8 Å². The highest BCUT2D eigenvalue weighted by atomic mass is 19.1. The van der Waals surface area contributed by atoms with Crippen molar-refractivity contribution in [3.8, 4) is 0 Å². The summed E-state index contributed by atoms with van der Waals surface area (Å²) in [6, 6.07) is 3.77. The van der Waals surface area contributed by atoms with Crippen LogP contribution in [0.25, 0.3) is 0 Å². The Morgan fingerprint density at radius 2 is 2.32 bits per heavy atom. The summed E-state index contributed by atoms with van der Waals surface area (Å²) in [7, 11) is 0. The van der Waals surface area contributed by atoms with E-state index in [0.29, 0.717) is 25.2 Å². The third-order valence-corrected chi connectivity index (χ3v) is 3.27. The van der Waals surface area contributed by atoms with Crippen molar-refractivity contribution in [2.45, 2.75) is 19.5 Å². The van der Waals surface area contributed by atoms with E-state index in [1.807, 2.05) is 4.90 Å². The SMILES string of the molecule is CC1C(=O)NCCN1Cc1ccc(C(=O)O)c(F)c1. The summed E-state index contributed by atoms with van der Waals surface area (Å²) in [4.78, 5) is 24.1. The minimum Gasteiger partial charge on any atom is -0.478 e. The van der Waals surface area contributed by atoms with E-state index in [4.69, 9.17) is 5.11 Å². The van der Waals surface area contributed by atoms with Gasteiger partial charge in [-0.1, -0.05) is 6.07 Å². The maximum Gasteiger partial charge on any atom is 0.338 e. The minimum absolute atomic E-state index is 0.0473. The molecule has 102 valence electrons. The van der Waals surface area contributed by atoms with Gasteiger partial charge in [0.25, 0.3) is 0 Å². The molecule has 19 heavy (non-hydrogen) atoms. The first-order valence-electron chi connectivity index (χ1n) is 6.02. The number of carboxylic acid groups (broad SMARTS) is 1. The predicted molar refractivity (Wildman–Crippen MR) is 66.2 cm³/mol. The molecular weight excluding hydrogens is 251 g/mol. The molecule has 0 spiro atoms. The zero-order valence-corrected chi connectivity index (χ0v) is 10.5. The molecule has 5 nitrogen and oxygen atoms in total. The number of carbonyl (C=O) groups is 2. The average molecular weight is 266 g/mol. The number of piperazine rings is 1. The molecule has 2 rings (SSSR count). The summed E-state index contributed by atoms with van der Waals surface area (Å²) in [5, 5.41) is 11.5. The third-order valence-electron chi connectivity index (χ3n) is 3.27. The molecule has 0 aliphatic carbocycles. The molecule has 0 radical (unpaired) electrons. The fourth-order valence-electron chi connectivity index (χ4n) is 2.11. The number of nitrogens with one attached hydrogen (secondary N) is 1. The molecule has 1 aromatic carbocycles. The Kier molecular flexibility index (Phi) is 3.80. The van der Waals surface area contributed by atoms with Gasteiger partial charge in [0.1, 0.15) is 5.82 Å². The third kappa shape index (κ3) is 2.90. The molecular formula is C13H15FN2O3. The van der Waals surface area contributed by atoms with Crippen LogP contribution in [-0.4, -0.2) is 41.0 Å². The fraction of sp³-hybridized carbons (Fsp3) is 0.385. The Morgan fingerprint density at radius 3 is 2.95 bits per heavy atom. The molecule has 0 aromatic heterocycles. The van der Waals surface area contributed by atoms with Crippen LogP contribution in [0.15, 0.2) is 18.2 Å². The lowest BCUT2D eigenvalue weighted by molar-refractivity contribution is -0.128. The van der Waals surface area contributed by atoms with E-state index in [1.54, 1.807) is 13.0 Å². The number of aromatic carboxylic acids is 1. The van der Waals surface area contributed by atoms with Crippen LogP contribution in [0.4, 0.5) is 4.39 Å². The molecule has 1 amide bonds. The lowest BCUT2D eigenvalue weighted by Crippen LogP contribution is -2.53. The highest BCUT2D eigenvalue weighted by Gasteiger charge is 2.25. The number of hydrogen-bond donors (Lipinski definition) is 2. The van der Waals surface area contributed by atoms with Gasteiger partial charge in [-0.15, -0.1) is 0 Å². The molecule has 1 aromatic rings. The van der Waals surface area contributed by atoms with Gasteiger partial charge in [-0.3, -0.25) is 9.69 Å². The Morgan fingerprint density at radius 1 is 1.58 bits per heavy atom. The average Bonchev–Trinajstić information content (AvgIpc) is 2.34. The zero-order valence-electron chi connectivity index (χ0n) is 10.5. The summed E-state index contributed by atoms with van der Waals surface area (Å²) in [5.74, 6) is -2.08. The van der Waals surface area contributed by atoms with E-state index in [9.17, 15) is 14.0 Å². The number of amides is 1. The van der Waals surface area contributed by atoms with Gasteiger partial charge >= 0.3 is 5.97 Å². The van der Waals surface area contributed by atoms with E-state index in [2.05, 4.69) is 5.32 Å². The van der Waals surface area contributed by atoms with E-state index in [1.165, 1.54) is 12.1 Å². The maximum absolute atomic E-state index is 13.6. The molecule has 1 aliphatic rings. The molecule has 1 unspecified atom stereocenters. The summed E-state index contributed by atoms with van der Waals surface area (Å²) in [6.45, 7) is 3.47. The van der Waals surface area contributed by atoms with Crippen molar-refractivity contribution in [3.63, 3.8) is 0 Å². The molecule has 0 saturated carbocycles. The number of carboxylic acids is 1. The molecule has 6 heteroatoms. The van der Waals surface area contributed by atoms with Crippen LogP contribution in [0.5, 0.6) is 0 Å². The first-order chi connectivity index (χ1) is 8.99. The molecule has 1 atom stereocenters. The van der Waals surface area contributed by atoms with Gasteiger partial charge < -0.3 is 10.4 Å². The van der Waals surface area contributed by atoms with Crippen molar-refractivity contribution >= 4 is 11.9 Å². The fourth-order valence-corrected chi connectivity index (χ4v) is 2.11. The molecule has 1 saturated heterocycles. The Balaban J connectivity index is 2.13. The van der Waals surface area contributed by atoms with Crippen LogP contribution < -0.4 is 5.32 Å². The number of rotatable bonds is 3. The number of benzene rings is 1. The number of hydrogen-bond acceptors (Lipinski definition) is 3. The first-order valence-corrected chi connectivity index (χ1v) is 6.02. The van der Waals surface area contributed by atoms with Crippen molar-refractivity contribution in [2.24, 2.45) is 0 Å². The van der Waals surface area contributed by atoms with Crippen LogP contribution in [0.3, 0.4) is 0 Å². The van der Waals surface area contributed by atoms with Gasteiger partial charge in [0, 0.05) is 19.6 Å². The Hall–Kier alpha value is -1.95. The second-order valence-electron chi connectivity index (χ2n) is 4.56. The quantitative estimate of drug-likeness (QED) is 0.850. The van der Waals surface area contributed by atoms with Crippen LogP contribution >= 0.6 is 0 Å². The first kappa shape index (κ1) is 13.5. The monoisotopic (exact) mass is 266 g/mol. The highest BCUT2D eigenvalue weighted by Crippen LogP contribution is 2.15. The molecule has 2 N–H and O–H groups in total. The standard InChI is InChI=1S/C13H15FN2O3/c1-8-12(17)15-4-5-16(8)7-9-2-3-10(13(18)19)11(14)6-9/h2-3,6,8H,4-5,7H2,1H3,(H,15,17)(H,18,19). The van der Waals surface area contributed by atoms with E-state index in [-0.39, 0.29) is 17.5 Å². The van der Waals surface area contributed by atoms with Crippen LogP contribution in [-0.2, 0) is 11.3 Å². The molecule has 1 aliphatic heterocycles. The van der Waals surface area contributed by atoms with Crippen molar-refractivity contribution in [3.05, 3.63) is 35.1 Å². The Bertz CT molecular complexity index is 519. The second kappa shape index (κ2) is 5.36. The van der Waals surface area contributed by atoms with Gasteiger partial charge in [-0.2, -0.15) is 0 Å². The molecule has 0 bridgehead atoms. The topological polar surface area (TPSA) is 69.6 Å². The van der Waals surface area contributed by atoms with E-state index >= 15 is 0 Å². The van der Waals surface area contributed by atoms with Gasteiger partial charge in [0.2, 0.25) is 5.91 Å². The van der Waals surface area contributed by atoms with Crippen LogP contribution in [0, 0.1) is 5.82 Å². The largest absolute Gasteiger partial charge is 0.478 e. The van der Waals surface area contributed by atoms with Crippen molar-refractivity contribution in [1.29, 1.82) is 0 Å². The molecule has 1 fully saturated rings. The normalized spacial score (nSPS) is 20.1. The predicted octanol–water partition coefficient (Wildman–Crippen LogP) is 0.844. The number of carbonyl (C=O) groups excluding carboxylic acids is 1. The molecule has 1 heterocycles. The number of halogens is 1. The van der Waals surface area contributed by atoms with Gasteiger partial charge in [0.05, 0.1) is 11.6 Å². The van der Waals surface area contributed by atoms with Gasteiger partial charge in [-0.05, 0) is 24.6 Å². The summed E-state index contributed by atoms with van der Waals surface area (Å²) < 4.78 is 13.6. The van der Waals surface area contributed by atoms with Gasteiger partial charge in [0.15, 0.2) is 0 Å². The summed E-state index contributed by atoms with van der Waals surface area (Å²) in [6.07, 6.45) is 0. The lowest BCUT2D eigenvalue weighted by Gasteiger charge is -2.32. The van der Waals surface area contributed by atoms with E-state index in [0.717, 1.165) is 0 Å². The van der Waals surface area contributed by atoms with Crippen molar-refractivity contribution in [1.82, 2.24) is 10.2 Å². The van der Waals surface area contributed by atoms with Gasteiger partial charge in [-0.25, -0.2) is 9.18 Å². The summed E-state index contributed by atoms with van der Waals surface area (Å²) >= 11 is 0.